The molecule has 0 aromatic carbocycles. The van der Waals surface area contributed by atoms with Gasteiger partial charge in [0.05, 0.1) is 5.69 Å². The van der Waals surface area contributed by atoms with E-state index in [-0.39, 0.29) is 0 Å². The van der Waals surface area contributed by atoms with Gasteiger partial charge in [-0.15, -0.1) is 0 Å². The lowest BCUT2D eigenvalue weighted by Gasteiger charge is -2.15. The van der Waals surface area contributed by atoms with Crippen LogP contribution in [0, 0.1) is 0 Å². The summed E-state index contributed by atoms with van der Waals surface area (Å²) in [4.78, 5) is 0. The van der Waals surface area contributed by atoms with Gasteiger partial charge in [-0.3, -0.25) is 4.68 Å². The van der Waals surface area contributed by atoms with Crippen molar-refractivity contribution in [3.63, 3.8) is 0 Å². The Morgan fingerprint density at radius 3 is 2.60 bits per heavy atom. The van der Waals surface area contributed by atoms with Crippen molar-refractivity contribution in [2.45, 2.75) is 84.2 Å². The first-order chi connectivity index (χ1) is 9.71. The molecular formula is C17H33N3. The molecule has 0 amide bonds. The number of unbranched alkanes of at least 4 members (excludes halogenated alkanes) is 4. The number of hydrogen-bond donors (Lipinski definition) is 1. The fourth-order valence-corrected chi connectivity index (χ4v) is 2.51. The minimum absolute atomic E-state index is 0.505. The zero-order valence-electron chi connectivity index (χ0n) is 13.9. The number of rotatable bonds is 11. The second-order valence-electron chi connectivity index (χ2n) is 5.94. The minimum atomic E-state index is 0.505. The Morgan fingerprint density at radius 2 is 1.95 bits per heavy atom. The SMILES string of the molecule is CCCCCCCC(Cc1ccn(C(C)CC)n1)NC. The van der Waals surface area contributed by atoms with Crippen molar-refractivity contribution in [3.05, 3.63) is 18.0 Å². The van der Waals surface area contributed by atoms with Crippen molar-refractivity contribution in [1.29, 1.82) is 0 Å². The highest BCUT2D eigenvalue weighted by Gasteiger charge is 2.10. The number of hydrogen-bond acceptors (Lipinski definition) is 2. The van der Waals surface area contributed by atoms with Gasteiger partial charge < -0.3 is 5.32 Å². The molecule has 0 saturated heterocycles. The van der Waals surface area contributed by atoms with Crippen LogP contribution in [0.3, 0.4) is 0 Å². The maximum atomic E-state index is 4.70. The van der Waals surface area contributed by atoms with Gasteiger partial charge in [0.2, 0.25) is 0 Å². The molecule has 1 aromatic heterocycles. The predicted molar refractivity (Wildman–Crippen MR) is 87.2 cm³/mol. The van der Waals surface area contributed by atoms with Gasteiger partial charge >= 0.3 is 0 Å². The van der Waals surface area contributed by atoms with E-state index in [1.54, 1.807) is 0 Å². The van der Waals surface area contributed by atoms with Crippen LogP contribution in [0.15, 0.2) is 12.3 Å². The molecule has 0 radical (unpaired) electrons. The third kappa shape index (κ3) is 6.08. The minimum Gasteiger partial charge on any atom is -0.317 e. The highest BCUT2D eigenvalue weighted by Crippen LogP contribution is 2.13. The van der Waals surface area contributed by atoms with E-state index in [1.165, 1.54) is 44.2 Å². The molecule has 20 heavy (non-hydrogen) atoms. The molecule has 1 N–H and O–H groups in total. The van der Waals surface area contributed by atoms with Gasteiger partial charge in [-0.05, 0) is 32.9 Å². The standard InChI is InChI=1S/C17H33N3/c1-5-7-8-9-10-11-16(18-4)14-17-12-13-20(19-17)15(3)6-2/h12-13,15-16,18H,5-11,14H2,1-4H3. The third-order valence-corrected chi connectivity index (χ3v) is 4.23. The van der Waals surface area contributed by atoms with E-state index < -0.39 is 0 Å². The van der Waals surface area contributed by atoms with Crippen LogP contribution in [-0.4, -0.2) is 22.9 Å². The molecule has 116 valence electrons. The van der Waals surface area contributed by atoms with Crippen LogP contribution in [0.25, 0.3) is 0 Å². The van der Waals surface area contributed by atoms with Crippen LogP contribution in [0.2, 0.25) is 0 Å². The summed E-state index contributed by atoms with van der Waals surface area (Å²) in [6.45, 7) is 6.70. The maximum Gasteiger partial charge on any atom is 0.0640 e. The third-order valence-electron chi connectivity index (χ3n) is 4.23. The van der Waals surface area contributed by atoms with Gasteiger partial charge in [-0.2, -0.15) is 5.10 Å². The number of nitrogens with zero attached hydrogens (tertiary/aromatic N) is 2. The summed E-state index contributed by atoms with van der Waals surface area (Å²) in [7, 11) is 2.07. The zero-order valence-corrected chi connectivity index (χ0v) is 13.9. The molecule has 0 fully saturated rings. The predicted octanol–water partition coefficient (Wildman–Crippen LogP) is 4.35. The van der Waals surface area contributed by atoms with Crippen LogP contribution >= 0.6 is 0 Å². The lowest BCUT2D eigenvalue weighted by molar-refractivity contribution is 0.455. The van der Waals surface area contributed by atoms with E-state index >= 15 is 0 Å². The second-order valence-corrected chi connectivity index (χ2v) is 5.94. The summed E-state index contributed by atoms with van der Waals surface area (Å²) >= 11 is 0. The van der Waals surface area contributed by atoms with Gasteiger partial charge in [-0.25, -0.2) is 0 Å². The lowest BCUT2D eigenvalue weighted by Crippen LogP contribution is -2.27. The molecule has 1 heterocycles. The maximum absolute atomic E-state index is 4.70. The van der Waals surface area contributed by atoms with Crippen molar-refractivity contribution in [2.24, 2.45) is 0 Å². The quantitative estimate of drug-likeness (QED) is 0.610. The van der Waals surface area contributed by atoms with E-state index in [0.717, 1.165) is 12.8 Å². The topological polar surface area (TPSA) is 29.9 Å². The summed E-state index contributed by atoms with van der Waals surface area (Å²) < 4.78 is 2.10. The van der Waals surface area contributed by atoms with Crippen molar-refractivity contribution < 1.29 is 0 Å². The molecule has 3 nitrogen and oxygen atoms in total. The Kier molecular flexibility index (Phi) is 8.59. The summed E-state index contributed by atoms with van der Waals surface area (Å²) in [5.74, 6) is 0. The zero-order chi connectivity index (χ0) is 14.8. The molecule has 1 rings (SSSR count). The average Bonchev–Trinajstić information content (AvgIpc) is 2.93. The molecule has 2 unspecified atom stereocenters. The summed E-state index contributed by atoms with van der Waals surface area (Å²) in [6.07, 6.45) is 12.3. The molecule has 0 aliphatic carbocycles. The Hall–Kier alpha value is -0.830. The highest BCUT2D eigenvalue weighted by molar-refractivity contribution is 5.02. The Labute approximate surface area is 125 Å². The molecule has 0 aliphatic rings. The second kappa shape index (κ2) is 9.98. The first kappa shape index (κ1) is 17.2. The van der Waals surface area contributed by atoms with E-state index in [4.69, 9.17) is 5.10 Å². The Bertz CT molecular complexity index is 346. The van der Waals surface area contributed by atoms with E-state index in [9.17, 15) is 0 Å². The molecule has 0 aliphatic heterocycles. The van der Waals surface area contributed by atoms with Crippen LogP contribution in [-0.2, 0) is 6.42 Å². The van der Waals surface area contributed by atoms with Gasteiger partial charge in [0, 0.05) is 24.7 Å². The Balaban J connectivity index is 2.34. The van der Waals surface area contributed by atoms with Crippen LogP contribution in [0.4, 0.5) is 0 Å². The van der Waals surface area contributed by atoms with Gasteiger partial charge in [-0.1, -0.05) is 46.0 Å². The summed E-state index contributed by atoms with van der Waals surface area (Å²) in [5, 5.41) is 8.15. The van der Waals surface area contributed by atoms with E-state index in [2.05, 4.69) is 50.1 Å². The van der Waals surface area contributed by atoms with Crippen molar-refractivity contribution in [1.82, 2.24) is 15.1 Å². The summed E-state index contributed by atoms with van der Waals surface area (Å²) in [6, 6.07) is 3.25. The lowest BCUT2D eigenvalue weighted by atomic mass is 10.0. The van der Waals surface area contributed by atoms with Crippen LogP contribution < -0.4 is 5.32 Å². The Morgan fingerprint density at radius 1 is 1.20 bits per heavy atom. The summed E-state index contributed by atoms with van der Waals surface area (Å²) in [5.41, 5.74) is 1.22. The molecular weight excluding hydrogens is 246 g/mol. The first-order valence-corrected chi connectivity index (χ1v) is 8.42. The van der Waals surface area contributed by atoms with Gasteiger partial charge in [0.15, 0.2) is 0 Å². The van der Waals surface area contributed by atoms with Crippen molar-refractivity contribution >= 4 is 0 Å². The van der Waals surface area contributed by atoms with Gasteiger partial charge in [0.1, 0.15) is 0 Å². The number of nitrogens with one attached hydrogen (secondary N) is 1. The monoisotopic (exact) mass is 279 g/mol. The van der Waals surface area contributed by atoms with Gasteiger partial charge in [0.25, 0.3) is 0 Å². The highest BCUT2D eigenvalue weighted by atomic mass is 15.3. The van der Waals surface area contributed by atoms with Crippen molar-refractivity contribution in [2.75, 3.05) is 7.05 Å². The van der Waals surface area contributed by atoms with E-state index in [1.807, 2.05) is 0 Å². The number of aromatic nitrogens is 2. The number of likely N-dealkylation sites (N-methyl/N-ethyl adjacent to an activating group) is 1. The largest absolute Gasteiger partial charge is 0.317 e. The van der Waals surface area contributed by atoms with Crippen LogP contribution in [0.1, 0.15) is 77.5 Å². The first-order valence-electron chi connectivity index (χ1n) is 8.42. The molecule has 3 heteroatoms. The van der Waals surface area contributed by atoms with Crippen LogP contribution in [0.5, 0.6) is 0 Å². The fourth-order valence-electron chi connectivity index (χ4n) is 2.51. The smallest absolute Gasteiger partial charge is 0.0640 e. The average molecular weight is 279 g/mol. The molecule has 2 atom stereocenters. The normalized spacial score (nSPS) is 14.4. The molecule has 0 bridgehead atoms. The van der Waals surface area contributed by atoms with Crippen molar-refractivity contribution in [3.8, 4) is 0 Å². The fraction of sp³-hybridized carbons (Fsp3) is 0.824. The molecule has 0 spiro atoms. The molecule has 1 aromatic rings. The van der Waals surface area contributed by atoms with E-state index in [0.29, 0.717) is 12.1 Å². The molecule has 0 saturated carbocycles.